The molecule has 0 saturated carbocycles. The van der Waals surface area contributed by atoms with E-state index in [2.05, 4.69) is 31.0 Å². The molecule has 3 rings (SSSR count). The molecule has 0 unspecified atom stereocenters. The maximum absolute atomic E-state index is 9.41. The van der Waals surface area contributed by atoms with E-state index in [4.69, 9.17) is 4.98 Å². The van der Waals surface area contributed by atoms with Crippen LogP contribution < -0.4 is 9.80 Å². The van der Waals surface area contributed by atoms with E-state index in [-0.39, 0.29) is 0 Å². The summed E-state index contributed by atoms with van der Waals surface area (Å²) in [5, 5.41) is 10.5. The summed E-state index contributed by atoms with van der Waals surface area (Å²) in [5.74, 6) is 0.849. The van der Waals surface area contributed by atoms with Crippen molar-refractivity contribution in [1.82, 2.24) is 4.98 Å². The quantitative estimate of drug-likeness (QED) is 0.829. The Morgan fingerprint density at radius 3 is 2.75 bits per heavy atom. The highest BCUT2D eigenvalue weighted by Crippen LogP contribution is 2.25. The Labute approximate surface area is 119 Å². The Balaban J connectivity index is 2.09. The highest BCUT2D eigenvalue weighted by Gasteiger charge is 2.21. The molecule has 1 N–H and O–H groups in total. The highest BCUT2D eigenvalue weighted by molar-refractivity contribution is 5.85. The lowest BCUT2D eigenvalue weighted by Crippen LogP contribution is -3.12. The lowest BCUT2D eigenvalue weighted by molar-refractivity contribution is -0.880. The average molecular weight is 267 g/mol. The Kier molecular flexibility index (Phi) is 3.29. The van der Waals surface area contributed by atoms with Gasteiger partial charge in [0.2, 0.25) is 0 Å². The van der Waals surface area contributed by atoms with E-state index in [0.717, 1.165) is 48.5 Å². The zero-order valence-electron chi connectivity index (χ0n) is 12.0. The molecule has 102 valence electrons. The van der Waals surface area contributed by atoms with Crippen LogP contribution in [0.2, 0.25) is 0 Å². The molecule has 0 atom stereocenters. The molecule has 4 heteroatoms. The number of piperazine rings is 1. The van der Waals surface area contributed by atoms with E-state index >= 15 is 0 Å². The molecule has 2 heterocycles. The van der Waals surface area contributed by atoms with Crippen LogP contribution in [-0.2, 0) is 0 Å². The molecule has 1 aliphatic rings. The van der Waals surface area contributed by atoms with Crippen molar-refractivity contribution in [2.75, 3.05) is 38.1 Å². The molecule has 1 aromatic carbocycles. The second-order valence-electron chi connectivity index (χ2n) is 5.56. The van der Waals surface area contributed by atoms with Crippen LogP contribution in [0.5, 0.6) is 0 Å². The van der Waals surface area contributed by atoms with Crippen LogP contribution in [0.1, 0.15) is 11.1 Å². The molecule has 1 fully saturated rings. The van der Waals surface area contributed by atoms with Gasteiger partial charge in [-0.3, -0.25) is 0 Å². The number of pyridine rings is 1. The number of likely N-dealkylation sites (N-methyl/N-ethyl adjacent to an activating group) is 1. The Morgan fingerprint density at radius 1 is 1.30 bits per heavy atom. The van der Waals surface area contributed by atoms with Gasteiger partial charge in [-0.25, -0.2) is 4.98 Å². The number of para-hydroxylation sites is 1. The van der Waals surface area contributed by atoms with Crippen molar-refractivity contribution in [3.05, 3.63) is 35.4 Å². The minimum absolute atomic E-state index is 0.683. The van der Waals surface area contributed by atoms with E-state index in [1.54, 1.807) is 0 Å². The molecule has 0 bridgehead atoms. The zero-order chi connectivity index (χ0) is 14.1. The van der Waals surface area contributed by atoms with E-state index < -0.39 is 0 Å². The Bertz CT molecular complexity index is 679. The van der Waals surface area contributed by atoms with Gasteiger partial charge >= 0.3 is 0 Å². The molecule has 0 aliphatic carbocycles. The Morgan fingerprint density at radius 2 is 2.05 bits per heavy atom. The van der Waals surface area contributed by atoms with Crippen LogP contribution in [0.4, 0.5) is 5.82 Å². The summed E-state index contributed by atoms with van der Waals surface area (Å²) in [6.45, 7) is 6.19. The number of hydrogen-bond acceptors (Lipinski definition) is 3. The molecule has 20 heavy (non-hydrogen) atoms. The summed E-state index contributed by atoms with van der Waals surface area (Å²) >= 11 is 0. The smallest absolute Gasteiger partial charge is 0.147 e. The summed E-state index contributed by atoms with van der Waals surface area (Å²) in [4.78, 5) is 8.57. The second kappa shape index (κ2) is 5.10. The first kappa shape index (κ1) is 12.9. The summed E-state index contributed by atoms with van der Waals surface area (Å²) < 4.78 is 0. The first-order chi connectivity index (χ1) is 9.69. The standard InChI is InChI=1S/C16H18N4/c1-12-4-3-5-13-10-14(11-17)16(18-15(12)13)20-8-6-19(2)7-9-20/h3-5,10H,6-9H2,1-2H3/p+1. The monoisotopic (exact) mass is 267 g/mol. The van der Waals surface area contributed by atoms with Crippen molar-refractivity contribution in [2.24, 2.45) is 0 Å². The fourth-order valence-electron chi connectivity index (χ4n) is 2.76. The van der Waals surface area contributed by atoms with Gasteiger partial charge in [-0.15, -0.1) is 0 Å². The van der Waals surface area contributed by atoms with Crippen molar-refractivity contribution in [1.29, 1.82) is 5.26 Å². The molecule has 1 saturated heterocycles. The van der Waals surface area contributed by atoms with Gasteiger partial charge < -0.3 is 9.80 Å². The zero-order valence-corrected chi connectivity index (χ0v) is 12.0. The Hall–Kier alpha value is -2.12. The summed E-state index contributed by atoms with van der Waals surface area (Å²) in [6, 6.07) is 10.4. The summed E-state index contributed by atoms with van der Waals surface area (Å²) in [5.41, 5.74) is 2.85. The number of nitrogens with one attached hydrogen (secondary N) is 1. The van der Waals surface area contributed by atoms with Gasteiger partial charge in [0, 0.05) is 5.39 Å². The van der Waals surface area contributed by atoms with Gasteiger partial charge in [0.15, 0.2) is 0 Å². The van der Waals surface area contributed by atoms with Crippen LogP contribution in [-0.4, -0.2) is 38.2 Å². The maximum Gasteiger partial charge on any atom is 0.147 e. The number of rotatable bonds is 1. The first-order valence-corrected chi connectivity index (χ1v) is 7.06. The van der Waals surface area contributed by atoms with Gasteiger partial charge in [-0.05, 0) is 18.6 Å². The fourth-order valence-corrected chi connectivity index (χ4v) is 2.76. The average Bonchev–Trinajstić information content (AvgIpc) is 2.47. The van der Waals surface area contributed by atoms with Crippen molar-refractivity contribution in [3.8, 4) is 6.07 Å². The minimum atomic E-state index is 0.683. The van der Waals surface area contributed by atoms with Gasteiger partial charge in [0.05, 0.1) is 44.3 Å². The van der Waals surface area contributed by atoms with Gasteiger partial charge in [0.25, 0.3) is 0 Å². The molecule has 2 aromatic rings. The third-order valence-electron chi connectivity index (χ3n) is 4.06. The van der Waals surface area contributed by atoms with Crippen molar-refractivity contribution < 1.29 is 4.90 Å². The fraction of sp³-hybridized carbons (Fsp3) is 0.375. The number of quaternary nitrogens is 1. The van der Waals surface area contributed by atoms with Crippen LogP contribution >= 0.6 is 0 Å². The number of benzene rings is 1. The number of nitriles is 1. The van der Waals surface area contributed by atoms with Gasteiger partial charge in [0.1, 0.15) is 11.9 Å². The largest absolute Gasteiger partial charge is 0.344 e. The van der Waals surface area contributed by atoms with Gasteiger partial charge in [-0.1, -0.05) is 18.2 Å². The third kappa shape index (κ3) is 2.21. The first-order valence-electron chi connectivity index (χ1n) is 7.06. The molecule has 0 radical (unpaired) electrons. The predicted octanol–water partition coefficient (Wildman–Crippen LogP) is 0.750. The van der Waals surface area contributed by atoms with Crippen molar-refractivity contribution >= 4 is 16.7 Å². The predicted molar refractivity (Wildman–Crippen MR) is 80.0 cm³/mol. The third-order valence-corrected chi connectivity index (χ3v) is 4.06. The van der Waals surface area contributed by atoms with E-state index in [1.165, 1.54) is 4.90 Å². The number of aryl methyl sites for hydroxylation is 1. The maximum atomic E-state index is 9.41. The van der Waals surface area contributed by atoms with Crippen LogP contribution in [0, 0.1) is 18.3 Å². The van der Waals surface area contributed by atoms with E-state index in [9.17, 15) is 5.26 Å². The number of aromatic nitrogens is 1. The molecule has 0 spiro atoms. The van der Waals surface area contributed by atoms with E-state index in [0.29, 0.717) is 5.56 Å². The van der Waals surface area contributed by atoms with Crippen LogP contribution in [0.3, 0.4) is 0 Å². The molecule has 1 aromatic heterocycles. The SMILES string of the molecule is Cc1cccc2cc(C#N)c(N3CC[NH+](C)CC3)nc12. The number of anilines is 1. The lowest BCUT2D eigenvalue weighted by atomic mass is 10.1. The summed E-state index contributed by atoms with van der Waals surface area (Å²) in [7, 11) is 2.21. The molecular formula is C16H19N4+. The van der Waals surface area contributed by atoms with Crippen LogP contribution in [0.25, 0.3) is 10.9 Å². The number of hydrogen-bond donors (Lipinski definition) is 1. The van der Waals surface area contributed by atoms with Gasteiger partial charge in [-0.2, -0.15) is 5.26 Å². The van der Waals surface area contributed by atoms with Crippen molar-refractivity contribution in [2.45, 2.75) is 6.92 Å². The lowest BCUT2D eigenvalue weighted by Gasteiger charge is -2.31. The molecular weight excluding hydrogens is 248 g/mol. The minimum Gasteiger partial charge on any atom is -0.344 e. The number of fused-ring (bicyclic) bond motifs is 1. The van der Waals surface area contributed by atoms with Crippen molar-refractivity contribution in [3.63, 3.8) is 0 Å². The molecule has 1 aliphatic heterocycles. The van der Waals surface area contributed by atoms with Crippen LogP contribution in [0.15, 0.2) is 24.3 Å². The topological polar surface area (TPSA) is 44.4 Å². The normalized spacial score (nSPS) is 16.4. The molecule has 4 nitrogen and oxygen atoms in total. The summed E-state index contributed by atoms with van der Waals surface area (Å²) in [6.07, 6.45) is 0. The highest BCUT2D eigenvalue weighted by atomic mass is 15.3. The number of nitrogens with zero attached hydrogens (tertiary/aromatic N) is 3. The van der Waals surface area contributed by atoms with E-state index in [1.807, 2.05) is 18.2 Å². The second-order valence-corrected chi connectivity index (χ2v) is 5.56. The molecule has 0 amide bonds.